The van der Waals surface area contributed by atoms with Crippen LogP contribution >= 0.6 is 0 Å². The van der Waals surface area contributed by atoms with Gasteiger partial charge in [-0.2, -0.15) is 0 Å². The predicted octanol–water partition coefficient (Wildman–Crippen LogP) is 1.11. The lowest BCUT2D eigenvalue weighted by molar-refractivity contribution is 0.167. The summed E-state index contributed by atoms with van der Waals surface area (Å²) >= 11 is 0. The van der Waals surface area contributed by atoms with E-state index in [0.717, 1.165) is 31.0 Å². The number of piperidine rings is 1. The molecular weight excluding hydrogens is 228 g/mol. The fourth-order valence-electron chi connectivity index (χ4n) is 2.97. The van der Waals surface area contributed by atoms with Crippen LogP contribution in [-0.4, -0.2) is 32.8 Å². The van der Waals surface area contributed by atoms with Crippen LogP contribution in [0, 0.1) is 5.92 Å². The zero-order chi connectivity index (χ0) is 12.4. The highest BCUT2D eigenvalue weighted by Gasteiger charge is 2.29. The number of fused-ring (bicyclic) bond motifs is 1. The standard InChI is InChI=1S/C14H20N2O2/c15-8-10-9-16-5-4-11(10)12-2-1-3-13-14(12)18-7-6-17-13/h1-3,10-11,16H,4-9,15H2. The first-order valence-corrected chi connectivity index (χ1v) is 6.69. The molecule has 0 spiro atoms. The van der Waals surface area contributed by atoms with Crippen LogP contribution in [0.5, 0.6) is 11.5 Å². The van der Waals surface area contributed by atoms with Gasteiger partial charge in [0, 0.05) is 5.56 Å². The minimum absolute atomic E-state index is 0.480. The van der Waals surface area contributed by atoms with Gasteiger partial charge in [0.2, 0.25) is 0 Å². The fourth-order valence-corrected chi connectivity index (χ4v) is 2.97. The molecule has 0 aliphatic carbocycles. The Balaban J connectivity index is 1.95. The first kappa shape index (κ1) is 11.8. The van der Waals surface area contributed by atoms with Crippen LogP contribution in [-0.2, 0) is 0 Å². The van der Waals surface area contributed by atoms with Crippen molar-refractivity contribution in [2.24, 2.45) is 11.7 Å². The summed E-state index contributed by atoms with van der Waals surface area (Å²) in [4.78, 5) is 0. The maximum atomic E-state index is 5.89. The minimum Gasteiger partial charge on any atom is -0.486 e. The molecule has 2 heterocycles. The van der Waals surface area contributed by atoms with Crippen molar-refractivity contribution in [2.75, 3.05) is 32.8 Å². The number of hydrogen-bond donors (Lipinski definition) is 2. The molecule has 98 valence electrons. The smallest absolute Gasteiger partial charge is 0.164 e. The Bertz CT molecular complexity index is 422. The fraction of sp³-hybridized carbons (Fsp3) is 0.571. The molecule has 4 nitrogen and oxygen atoms in total. The molecule has 1 aromatic rings. The molecule has 3 rings (SSSR count). The van der Waals surface area contributed by atoms with E-state index in [1.54, 1.807) is 0 Å². The van der Waals surface area contributed by atoms with E-state index in [1.807, 2.05) is 6.07 Å². The Morgan fingerprint density at radius 2 is 2.17 bits per heavy atom. The molecule has 1 fully saturated rings. The molecule has 0 bridgehead atoms. The highest BCUT2D eigenvalue weighted by Crippen LogP contribution is 2.41. The molecule has 0 radical (unpaired) electrons. The van der Waals surface area contributed by atoms with Crippen molar-refractivity contribution >= 4 is 0 Å². The molecule has 0 amide bonds. The third kappa shape index (κ3) is 2.06. The Morgan fingerprint density at radius 3 is 3.06 bits per heavy atom. The first-order valence-electron chi connectivity index (χ1n) is 6.69. The molecule has 0 saturated carbocycles. The average molecular weight is 248 g/mol. The lowest BCUT2D eigenvalue weighted by Crippen LogP contribution is -2.39. The third-order valence-corrected chi connectivity index (χ3v) is 3.91. The van der Waals surface area contributed by atoms with Gasteiger partial charge in [-0.1, -0.05) is 12.1 Å². The van der Waals surface area contributed by atoms with Gasteiger partial charge in [-0.05, 0) is 44.0 Å². The average Bonchev–Trinajstić information content (AvgIpc) is 2.46. The SMILES string of the molecule is NCC1CNCCC1c1cccc2c1OCCO2. The molecule has 1 aromatic carbocycles. The number of benzene rings is 1. The minimum atomic E-state index is 0.480. The maximum Gasteiger partial charge on any atom is 0.164 e. The second-order valence-electron chi connectivity index (χ2n) is 4.97. The number of nitrogens with one attached hydrogen (secondary N) is 1. The van der Waals surface area contributed by atoms with Crippen LogP contribution in [0.4, 0.5) is 0 Å². The molecule has 1 saturated heterocycles. The first-order chi connectivity index (χ1) is 8.90. The van der Waals surface area contributed by atoms with Crippen LogP contribution in [0.3, 0.4) is 0 Å². The number of hydrogen-bond acceptors (Lipinski definition) is 4. The van der Waals surface area contributed by atoms with E-state index in [4.69, 9.17) is 15.2 Å². The van der Waals surface area contributed by atoms with Crippen molar-refractivity contribution < 1.29 is 9.47 Å². The molecule has 2 aliphatic heterocycles. The summed E-state index contributed by atoms with van der Waals surface area (Å²) in [6.07, 6.45) is 1.11. The van der Waals surface area contributed by atoms with Gasteiger partial charge < -0.3 is 20.5 Å². The summed E-state index contributed by atoms with van der Waals surface area (Å²) in [5.74, 6) is 2.78. The van der Waals surface area contributed by atoms with Crippen LogP contribution < -0.4 is 20.5 Å². The normalized spacial score (nSPS) is 26.9. The van der Waals surface area contributed by atoms with Crippen molar-refractivity contribution in [3.05, 3.63) is 23.8 Å². The van der Waals surface area contributed by atoms with Crippen molar-refractivity contribution in [1.29, 1.82) is 0 Å². The number of nitrogens with two attached hydrogens (primary N) is 1. The van der Waals surface area contributed by atoms with E-state index in [1.165, 1.54) is 5.56 Å². The lowest BCUT2D eigenvalue weighted by Gasteiger charge is -2.33. The van der Waals surface area contributed by atoms with Gasteiger partial charge in [-0.25, -0.2) is 0 Å². The van der Waals surface area contributed by atoms with Gasteiger partial charge in [-0.15, -0.1) is 0 Å². The Hall–Kier alpha value is -1.26. The lowest BCUT2D eigenvalue weighted by atomic mass is 9.80. The van der Waals surface area contributed by atoms with Crippen molar-refractivity contribution in [3.8, 4) is 11.5 Å². The van der Waals surface area contributed by atoms with Crippen molar-refractivity contribution in [2.45, 2.75) is 12.3 Å². The maximum absolute atomic E-state index is 5.89. The topological polar surface area (TPSA) is 56.5 Å². The zero-order valence-electron chi connectivity index (χ0n) is 10.5. The quantitative estimate of drug-likeness (QED) is 0.823. The van der Waals surface area contributed by atoms with Gasteiger partial charge in [0.1, 0.15) is 13.2 Å². The van der Waals surface area contributed by atoms with E-state index in [-0.39, 0.29) is 0 Å². The second-order valence-corrected chi connectivity index (χ2v) is 4.97. The Kier molecular flexibility index (Phi) is 3.39. The Morgan fingerprint density at radius 1 is 1.28 bits per heavy atom. The molecule has 2 atom stereocenters. The summed E-state index contributed by atoms with van der Waals surface area (Å²) < 4.78 is 11.5. The van der Waals surface area contributed by atoms with E-state index in [2.05, 4.69) is 17.4 Å². The summed E-state index contributed by atoms with van der Waals surface area (Å²) in [5, 5.41) is 3.41. The summed E-state index contributed by atoms with van der Waals surface area (Å²) in [5.41, 5.74) is 7.16. The van der Waals surface area contributed by atoms with Crippen molar-refractivity contribution in [3.63, 3.8) is 0 Å². The molecule has 18 heavy (non-hydrogen) atoms. The van der Waals surface area contributed by atoms with Crippen LogP contribution in [0.1, 0.15) is 17.9 Å². The second kappa shape index (κ2) is 5.16. The summed E-state index contributed by atoms with van der Waals surface area (Å²) in [7, 11) is 0. The molecule has 3 N–H and O–H groups in total. The van der Waals surface area contributed by atoms with Crippen LogP contribution in [0.15, 0.2) is 18.2 Å². The van der Waals surface area contributed by atoms with E-state index < -0.39 is 0 Å². The Labute approximate surface area is 107 Å². The van der Waals surface area contributed by atoms with Crippen molar-refractivity contribution in [1.82, 2.24) is 5.32 Å². The molecule has 0 aromatic heterocycles. The highest BCUT2D eigenvalue weighted by atomic mass is 16.6. The summed E-state index contributed by atoms with van der Waals surface area (Å²) in [6, 6.07) is 6.20. The third-order valence-electron chi connectivity index (χ3n) is 3.91. The number of para-hydroxylation sites is 1. The molecule has 2 aliphatic rings. The van der Waals surface area contributed by atoms with Gasteiger partial charge in [-0.3, -0.25) is 0 Å². The van der Waals surface area contributed by atoms with Gasteiger partial charge >= 0.3 is 0 Å². The zero-order valence-corrected chi connectivity index (χ0v) is 10.5. The molecule has 2 unspecified atom stereocenters. The monoisotopic (exact) mass is 248 g/mol. The van der Waals surface area contributed by atoms with Gasteiger partial charge in [0.15, 0.2) is 11.5 Å². The van der Waals surface area contributed by atoms with E-state index >= 15 is 0 Å². The number of rotatable bonds is 2. The highest BCUT2D eigenvalue weighted by molar-refractivity contribution is 5.49. The van der Waals surface area contributed by atoms with Crippen LogP contribution in [0.2, 0.25) is 0 Å². The largest absolute Gasteiger partial charge is 0.486 e. The van der Waals surface area contributed by atoms with Gasteiger partial charge in [0.25, 0.3) is 0 Å². The predicted molar refractivity (Wildman–Crippen MR) is 70.2 cm³/mol. The molecular formula is C14H20N2O2. The summed E-state index contributed by atoms with van der Waals surface area (Å²) in [6.45, 7) is 4.03. The van der Waals surface area contributed by atoms with E-state index in [9.17, 15) is 0 Å². The van der Waals surface area contributed by atoms with Gasteiger partial charge in [0.05, 0.1) is 0 Å². The van der Waals surface area contributed by atoms with Crippen LogP contribution in [0.25, 0.3) is 0 Å². The van der Waals surface area contributed by atoms with E-state index in [0.29, 0.717) is 31.6 Å². The molecule has 4 heteroatoms. The number of ether oxygens (including phenoxy) is 2.